The summed E-state index contributed by atoms with van der Waals surface area (Å²) in [4.78, 5) is 44.6. The summed E-state index contributed by atoms with van der Waals surface area (Å²) in [5.41, 5.74) is -0.600. The number of carbonyl (C=O) groups excluding carboxylic acids is 2. The van der Waals surface area contributed by atoms with E-state index >= 15 is 0 Å². The predicted molar refractivity (Wildman–Crippen MR) is 127 cm³/mol. The minimum Gasteiger partial charge on any atom is -0.343 e. The molecule has 0 saturated heterocycles. The van der Waals surface area contributed by atoms with E-state index in [0.717, 1.165) is 17.4 Å². The molecule has 3 heterocycles. The van der Waals surface area contributed by atoms with Gasteiger partial charge in [0.05, 0.1) is 17.8 Å². The fraction of sp³-hybridized carbons (Fsp3) is 0.182. The molecule has 0 bridgehead atoms. The first-order chi connectivity index (χ1) is 17.0. The summed E-state index contributed by atoms with van der Waals surface area (Å²) in [7, 11) is 0. The molecule has 0 radical (unpaired) electrons. The molecule has 4 rings (SSSR count). The van der Waals surface area contributed by atoms with Gasteiger partial charge in [0.1, 0.15) is 26.9 Å². The normalized spacial score (nSPS) is 12.3. The molecule has 0 aliphatic carbocycles. The minimum absolute atomic E-state index is 0.00000852. The van der Waals surface area contributed by atoms with Crippen molar-refractivity contribution in [3.05, 3.63) is 74.8 Å². The molecule has 0 saturated carbocycles. The fourth-order valence-corrected chi connectivity index (χ4v) is 4.29. The highest BCUT2D eigenvalue weighted by molar-refractivity contribution is 7.13. The predicted octanol–water partition coefficient (Wildman–Crippen LogP) is 5.05. The van der Waals surface area contributed by atoms with Crippen molar-refractivity contribution in [2.75, 3.05) is 5.32 Å². The number of anilines is 1. The van der Waals surface area contributed by atoms with Crippen LogP contribution in [0.2, 0.25) is 5.02 Å². The van der Waals surface area contributed by atoms with Gasteiger partial charge in [-0.1, -0.05) is 17.7 Å². The second-order valence-corrected chi connectivity index (χ2v) is 9.00. The number of nitrogens with zero attached hydrogens (tertiary/aromatic N) is 4. The number of aryl methyl sites for hydroxylation is 1. The van der Waals surface area contributed by atoms with Gasteiger partial charge in [-0.2, -0.15) is 13.2 Å². The van der Waals surface area contributed by atoms with E-state index in [0.29, 0.717) is 10.8 Å². The highest BCUT2D eigenvalue weighted by Gasteiger charge is 2.32. The van der Waals surface area contributed by atoms with E-state index < -0.39 is 29.6 Å². The number of imidazole rings is 1. The first-order valence-corrected chi connectivity index (χ1v) is 11.5. The lowest BCUT2D eigenvalue weighted by Gasteiger charge is -2.12. The van der Waals surface area contributed by atoms with Gasteiger partial charge in [0, 0.05) is 18.1 Å². The van der Waals surface area contributed by atoms with Crippen LogP contribution < -0.4 is 10.6 Å². The van der Waals surface area contributed by atoms with Gasteiger partial charge in [0.25, 0.3) is 11.8 Å². The van der Waals surface area contributed by atoms with Gasteiger partial charge in [0.2, 0.25) is 0 Å². The number of amides is 2. The standard InChI is InChI=1S/C22H17ClF3N7O2S/c1-10-3-4-12(7-13(10)22(24,25)26)33-19(34)14-8-29-21(36-14)11(2)32-20(35)17-15(23)16(30-9-31-17)18-27-5-6-28-18/h3-9,11H,1-2H3,(H,27,28)(H,32,35)(H,33,34). The van der Waals surface area contributed by atoms with Crippen molar-refractivity contribution in [3.63, 3.8) is 0 Å². The number of hydrogen-bond acceptors (Lipinski definition) is 7. The number of benzene rings is 1. The Hall–Kier alpha value is -3.84. The molecule has 1 aromatic carbocycles. The fourth-order valence-electron chi connectivity index (χ4n) is 3.21. The quantitative estimate of drug-likeness (QED) is 0.317. The summed E-state index contributed by atoms with van der Waals surface area (Å²) in [6.07, 6.45) is 1.02. The number of H-pyrrole nitrogens is 1. The first kappa shape index (κ1) is 25.3. The van der Waals surface area contributed by atoms with Gasteiger partial charge in [-0.15, -0.1) is 11.3 Å². The Morgan fingerprint density at radius 2 is 1.92 bits per heavy atom. The molecule has 0 aliphatic rings. The summed E-state index contributed by atoms with van der Waals surface area (Å²) in [6, 6.07) is 2.92. The van der Waals surface area contributed by atoms with Gasteiger partial charge in [-0.3, -0.25) is 9.59 Å². The van der Waals surface area contributed by atoms with Crippen LogP contribution >= 0.6 is 22.9 Å². The molecule has 2 amide bonds. The van der Waals surface area contributed by atoms with Crippen molar-refractivity contribution in [2.45, 2.75) is 26.1 Å². The number of nitrogens with one attached hydrogen (secondary N) is 3. The third-order valence-electron chi connectivity index (χ3n) is 4.99. The molecular weight excluding hydrogens is 519 g/mol. The van der Waals surface area contributed by atoms with Crippen LogP contribution in [0.15, 0.2) is 43.1 Å². The van der Waals surface area contributed by atoms with Crippen LogP contribution in [0, 0.1) is 6.92 Å². The van der Waals surface area contributed by atoms with Gasteiger partial charge in [0.15, 0.2) is 11.5 Å². The third kappa shape index (κ3) is 5.36. The molecule has 3 N–H and O–H groups in total. The number of hydrogen-bond donors (Lipinski definition) is 3. The van der Waals surface area contributed by atoms with Crippen molar-refractivity contribution in [3.8, 4) is 11.5 Å². The molecule has 186 valence electrons. The van der Waals surface area contributed by atoms with E-state index in [9.17, 15) is 22.8 Å². The number of alkyl halides is 3. The van der Waals surface area contributed by atoms with Crippen LogP contribution in [-0.2, 0) is 6.18 Å². The molecule has 0 aliphatic heterocycles. The second-order valence-electron chi connectivity index (χ2n) is 7.56. The van der Waals surface area contributed by atoms with Crippen molar-refractivity contribution < 1.29 is 22.8 Å². The SMILES string of the molecule is Cc1ccc(NC(=O)c2cnc(C(C)NC(=O)c3ncnc(-c4ncc[nH]4)c3Cl)s2)cc1C(F)(F)F. The van der Waals surface area contributed by atoms with E-state index in [1.54, 1.807) is 13.1 Å². The van der Waals surface area contributed by atoms with E-state index in [1.807, 2.05) is 0 Å². The smallest absolute Gasteiger partial charge is 0.343 e. The second kappa shape index (κ2) is 10.0. The highest BCUT2D eigenvalue weighted by Crippen LogP contribution is 2.34. The van der Waals surface area contributed by atoms with Gasteiger partial charge in [-0.05, 0) is 31.5 Å². The minimum atomic E-state index is -4.54. The molecule has 9 nitrogen and oxygen atoms in total. The zero-order valence-corrected chi connectivity index (χ0v) is 20.2. The van der Waals surface area contributed by atoms with Crippen LogP contribution in [-0.4, -0.2) is 36.7 Å². The number of aromatic amines is 1. The first-order valence-electron chi connectivity index (χ1n) is 10.3. The molecule has 0 fully saturated rings. The molecule has 1 unspecified atom stereocenters. The monoisotopic (exact) mass is 535 g/mol. The summed E-state index contributed by atoms with van der Waals surface area (Å²) in [5.74, 6) is -0.851. The average Bonchev–Trinajstić information content (AvgIpc) is 3.52. The Morgan fingerprint density at radius 3 is 2.61 bits per heavy atom. The number of aromatic nitrogens is 5. The highest BCUT2D eigenvalue weighted by atomic mass is 35.5. The van der Waals surface area contributed by atoms with Crippen molar-refractivity contribution in [1.82, 2.24) is 30.2 Å². The Labute approximate surface area is 211 Å². The molecule has 1 atom stereocenters. The molecule has 0 spiro atoms. The zero-order valence-electron chi connectivity index (χ0n) is 18.6. The van der Waals surface area contributed by atoms with E-state index in [1.165, 1.54) is 37.8 Å². The zero-order chi connectivity index (χ0) is 26.0. The molecule has 36 heavy (non-hydrogen) atoms. The third-order valence-corrected chi connectivity index (χ3v) is 6.53. The Bertz CT molecular complexity index is 1420. The topological polar surface area (TPSA) is 126 Å². The lowest BCUT2D eigenvalue weighted by atomic mass is 10.1. The summed E-state index contributed by atoms with van der Waals surface area (Å²) in [6.45, 7) is 2.99. The van der Waals surface area contributed by atoms with Crippen molar-refractivity contribution in [1.29, 1.82) is 0 Å². The molecule has 4 aromatic rings. The maximum Gasteiger partial charge on any atom is 0.416 e. The molecular formula is C22H17ClF3N7O2S. The summed E-state index contributed by atoms with van der Waals surface area (Å²) in [5, 5.41) is 5.55. The van der Waals surface area contributed by atoms with E-state index in [-0.39, 0.29) is 32.5 Å². The lowest BCUT2D eigenvalue weighted by Crippen LogP contribution is -2.28. The van der Waals surface area contributed by atoms with E-state index in [2.05, 4.69) is 35.6 Å². The van der Waals surface area contributed by atoms with Gasteiger partial charge >= 0.3 is 6.18 Å². The van der Waals surface area contributed by atoms with Gasteiger partial charge in [-0.25, -0.2) is 19.9 Å². The average molecular weight is 536 g/mol. The summed E-state index contributed by atoms with van der Waals surface area (Å²) >= 11 is 7.30. The van der Waals surface area contributed by atoms with Gasteiger partial charge < -0.3 is 15.6 Å². The van der Waals surface area contributed by atoms with Crippen LogP contribution in [0.3, 0.4) is 0 Å². The number of carbonyl (C=O) groups is 2. The maximum atomic E-state index is 13.2. The Morgan fingerprint density at radius 1 is 1.14 bits per heavy atom. The van der Waals surface area contributed by atoms with Crippen LogP contribution in [0.1, 0.15) is 49.3 Å². The molecule has 3 aromatic heterocycles. The van der Waals surface area contributed by atoms with Crippen molar-refractivity contribution in [2.24, 2.45) is 0 Å². The van der Waals surface area contributed by atoms with Crippen LogP contribution in [0.4, 0.5) is 18.9 Å². The Kier molecular flexibility index (Phi) is 7.04. The summed E-state index contributed by atoms with van der Waals surface area (Å²) < 4.78 is 39.5. The van der Waals surface area contributed by atoms with E-state index in [4.69, 9.17) is 11.6 Å². The lowest BCUT2D eigenvalue weighted by molar-refractivity contribution is -0.138. The Balaban J connectivity index is 1.45. The number of thiazole rings is 1. The van der Waals surface area contributed by atoms with Crippen LogP contribution in [0.5, 0.6) is 0 Å². The molecule has 14 heteroatoms. The van der Waals surface area contributed by atoms with Crippen molar-refractivity contribution >= 4 is 40.4 Å². The maximum absolute atomic E-state index is 13.2. The largest absolute Gasteiger partial charge is 0.416 e. The van der Waals surface area contributed by atoms with Crippen LogP contribution in [0.25, 0.3) is 11.5 Å². The number of rotatable bonds is 6. The number of halogens is 4.